The topological polar surface area (TPSA) is 59.9 Å². The van der Waals surface area contributed by atoms with Crippen molar-refractivity contribution in [1.82, 2.24) is 20.2 Å². The van der Waals surface area contributed by atoms with E-state index in [1.165, 1.54) is 11.3 Å². The number of aromatic nitrogens is 2. The smallest absolute Gasteiger partial charge is 0.225 e. The predicted molar refractivity (Wildman–Crippen MR) is 114 cm³/mol. The highest BCUT2D eigenvalue weighted by molar-refractivity contribution is 5.80. The lowest BCUT2D eigenvalue weighted by molar-refractivity contribution is 0.369. The van der Waals surface area contributed by atoms with Crippen molar-refractivity contribution in [2.45, 2.75) is 19.4 Å². The Bertz CT molecular complexity index is 799. The Morgan fingerprint density at radius 1 is 1.07 bits per heavy atom. The lowest BCUT2D eigenvalue weighted by atomic mass is 10.2. The molecule has 0 spiro atoms. The third-order valence-corrected chi connectivity index (χ3v) is 5.64. The van der Waals surface area contributed by atoms with Crippen molar-refractivity contribution < 1.29 is 0 Å². The average molecular weight is 380 g/mol. The molecule has 0 radical (unpaired) electrons. The van der Waals surface area contributed by atoms with E-state index in [1.807, 2.05) is 13.1 Å². The van der Waals surface area contributed by atoms with Crippen LogP contribution in [0.5, 0.6) is 0 Å². The summed E-state index contributed by atoms with van der Waals surface area (Å²) in [6.07, 6.45) is 4.74. The summed E-state index contributed by atoms with van der Waals surface area (Å²) < 4.78 is 0. The number of anilines is 2. The average Bonchev–Trinajstić information content (AvgIpc) is 3.19. The lowest BCUT2D eigenvalue weighted by Gasteiger charge is -2.37. The molecule has 1 fully saturated rings. The molecule has 2 aliphatic heterocycles. The fourth-order valence-electron chi connectivity index (χ4n) is 4.08. The van der Waals surface area contributed by atoms with E-state index in [0.29, 0.717) is 6.04 Å². The highest BCUT2D eigenvalue weighted by Gasteiger charge is 2.25. The van der Waals surface area contributed by atoms with Crippen molar-refractivity contribution in [1.29, 1.82) is 0 Å². The number of benzene rings is 1. The van der Waals surface area contributed by atoms with Crippen LogP contribution in [0.4, 0.5) is 11.6 Å². The largest absolute Gasteiger partial charge is 0.366 e. The minimum absolute atomic E-state index is 0.416. The molecule has 1 aromatic carbocycles. The minimum atomic E-state index is 0.416. The van der Waals surface area contributed by atoms with Crippen LogP contribution in [0.1, 0.15) is 12.5 Å². The summed E-state index contributed by atoms with van der Waals surface area (Å²) in [5.74, 6) is 1.79. The van der Waals surface area contributed by atoms with Crippen LogP contribution < -0.4 is 15.1 Å². The zero-order valence-corrected chi connectivity index (χ0v) is 16.8. The van der Waals surface area contributed by atoms with Gasteiger partial charge >= 0.3 is 0 Å². The van der Waals surface area contributed by atoms with Crippen molar-refractivity contribution in [3.63, 3.8) is 0 Å². The van der Waals surface area contributed by atoms with Gasteiger partial charge in [-0.3, -0.25) is 4.99 Å². The molecule has 2 aromatic rings. The molecular weight excluding hydrogens is 350 g/mol. The van der Waals surface area contributed by atoms with Crippen LogP contribution in [0, 0.1) is 0 Å². The molecule has 28 heavy (non-hydrogen) atoms. The number of rotatable bonds is 4. The first kappa shape index (κ1) is 18.5. The van der Waals surface area contributed by atoms with E-state index in [2.05, 4.69) is 66.2 Å². The fourth-order valence-corrected chi connectivity index (χ4v) is 4.08. The van der Waals surface area contributed by atoms with Gasteiger partial charge < -0.3 is 20.0 Å². The van der Waals surface area contributed by atoms with E-state index >= 15 is 0 Å². The second-order valence-electron chi connectivity index (χ2n) is 7.37. The van der Waals surface area contributed by atoms with Crippen molar-refractivity contribution >= 4 is 17.6 Å². The first-order valence-corrected chi connectivity index (χ1v) is 10.1. The zero-order valence-electron chi connectivity index (χ0n) is 16.8. The normalized spacial score (nSPS) is 18.2. The third kappa shape index (κ3) is 3.88. The Morgan fingerprint density at radius 3 is 2.57 bits per heavy atom. The van der Waals surface area contributed by atoms with Gasteiger partial charge in [0.05, 0.1) is 0 Å². The van der Waals surface area contributed by atoms with Crippen LogP contribution in [0.2, 0.25) is 0 Å². The lowest BCUT2D eigenvalue weighted by Crippen LogP contribution is -2.54. The molecule has 3 heterocycles. The molecule has 0 bridgehead atoms. The number of guanidine groups is 1. The van der Waals surface area contributed by atoms with E-state index in [-0.39, 0.29) is 0 Å². The molecule has 1 saturated heterocycles. The molecule has 4 rings (SSSR count). The molecule has 1 aromatic heterocycles. The first-order chi connectivity index (χ1) is 13.8. The second kappa shape index (κ2) is 8.46. The molecule has 7 heteroatoms. The quantitative estimate of drug-likeness (QED) is 0.644. The Hall–Kier alpha value is -2.83. The van der Waals surface area contributed by atoms with Crippen molar-refractivity contribution in [2.75, 3.05) is 56.1 Å². The molecular formula is C21H29N7. The third-order valence-electron chi connectivity index (χ3n) is 5.64. The second-order valence-corrected chi connectivity index (χ2v) is 7.37. The molecule has 0 aliphatic carbocycles. The summed E-state index contributed by atoms with van der Waals surface area (Å²) in [4.78, 5) is 20.3. The summed E-state index contributed by atoms with van der Waals surface area (Å²) in [7, 11) is 1.87. The number of aliphatic imine (C=N–C) groups is 1. The fraction of sp³-hybridized carbons (Fsp3) is 0.476. The van der Waals surface area contributed by atoms with Gasteiger partial charge in [-0.05, 0) is 31.0 Å². The van der Waals surface area contributed by atoms with Gasteiger partial charge in [0.1, 0.15) is 0 Å². The molecule has 1 N–H and O–H groups in total. The molecule has 2 aliphatic rings. The van der Waals surface area contributed by atoms with Gasteiger partial charge in [0.25, 0.3) is 0 Å². The predicted octanol–water partition coefficient (Wildman–Crippen LogP) is 1.63. The number of nitrogens with one attached hydrogen (secondary N) is 1. The van der Waals surface area contributed by atoms with Crippen LogP contribution in [0.15, 0.2) is 47.7 Å². The summed E-state index contributed by atoms with van der Waals surface area (Å²) in [6.45, 7) is 7.89. The van der Waals surface area contributed by atoms with Gasteiger partial charge in [-0.15, -0.1) is 0 Å². The molecule has 7 nitrogen and oxygen atoms in total. The monoisotopic (exact) mass is 379 g/mol. The number of hydrogen-bond donors (Lipinski definition) is 1. The van der Waals surface area contributed by atoms with E-state index in [0.717, 1.165) is 57.6 Å². The summed E-state index contributed by atoms with van der Waals surface area (Å²) >= 11 is 0. The number of nitrogens with zero attached hydrogens (tertiary/aromatic N) is 6. The van der Waals surface area contributed by atoms with Gasteiger partial charge in [0.2, 0.25) is 5.95 Å². The van der Waals surface area contributed by atoms with Crippen molar-refractivity contribution in [3.05, 3.63) is 48.3 Å². The zero-order chi connectivity index (χ0) is 19.3. The molecule has 1 unspecified atom stereocenters. The minimum Gasteiger partial charge on any atom is -0.366 e. The van der Waals surface area contributed by atoms with Gasteiger partial charge in [-0.2, -0.15) is 0 Å². The van der Waals surface area contributed by atoms with E-state index in [4.69, 9.17) is 0 Å². The van der Waals surface area contributed by atoms with Gasteiger partial charge in [-0.1, -0.05) is 18.2 Å². The number of hydrogen-bond acceptors (Lipinski definition) is 5. The summed E-state index contributed by atoms with van der Waals surface area (Å²) in [5, 5.41) is 3.59. The van der Waals surface area contributed by atoms with Crippen LogP contribution in [-0.4, -0.2) is 73.2 Å². The molecule has 0 amide bonds. The Labute approximate surface area is 167 Å². The number of fused-ring (bicyclic) bond motifs is 1. The summed E-state index contributed by atoms with van der Waals surface area (Å²) in [6, 6.07) is 11.0. The standard InChI is InChI=1S/C21H29N7/c1-17(28-11-8-18-6-3-4-7-19(18)28)16-25-20(22-2)26-12-14-27(15-13-26)21-23-9-5-10-24-21/h3-7,9-10,17H,8,11-16H2,1-2H3,(H,22,25). The van der Waals surface area contributed by atoms with E-state index in [1.54, 1.807) is 12.4 Å². The Morgan fingerprint density at radius 2 is 1.82 bits per heavy atom. The number of piperazine rings is 1. The molecule has 148 valence electrons. The van der Waals surface area contributed by atoms with E-state index in [9.17, 15) is 0 Å². The first-order valence-electron chi connectivity index (χ1n) is 10.1. The highest BCUT2D eigenvalue weighted by Crippen LogP contribution is 2.28. The van der Waals surface area contributed by atoms with Crippen LogP contribution in [-0.2, 0) is 6.42 Å². The molecule has 0 saturated carbocycles. The van der Waals surface area contributed by atoms with Crippen LogP contribution in [0.3, 0.4) is 0 Å². The Balaban J connectivity index is 1.30. The highest BCUT2D eigenvalue weighted by atomic mass is 15.4. The summed E-state index contributed by atoms with van der Waals surface area (Å²) in [5.41, 5.74) is 2.83. The Kier molecular flexibility index (Phi) is 5.60. The maximum atomic E-state index is 4.52. The van der Waals surface area contributed by atoms with E-state index < -0.39 is 0 Å². The van der Waals surface area contributed by atoms with Crippen LogP contribution >= 0.6 is 0 Å². The maximum absolute atomic E-state index is 4.52. The number of para-hydroxylation sites is 1. The van der Waals surface area contributed by atoms with Gasteiger partial charge in [-0.25, -0.2) is 9.97 Å². The maximum Gasteiger partial charge on any atom is 0.225 e. The van der Waals surface area contributed by atoms with Gasteiger partial charge in [0.15, 0.2) is 5.96 Å². The van der Waals surface area contributed by atoms with Crippen molar-refractivity contribution in [2.24, 2.45) is 4.99 Å². The van der Waals surface area contributed by atoms with Crippen molar-refractivity contribution in [3.8, 4) is 0 Å². The molecule has 1 atom stereocenters. The SMILES string of the molecule is CN=C(NCC(C)N1CCc2ccccc21)N1CCN(c2ncccn2)CC1. The van der Waals surface area contributed by atoms with Crippen LogP contribution in [0.25, 0.3) is 0 Å². The van der Waals surface area contributed by atoms with Gasteiger partial charge in [0, 0.05) is 70.4 Å².